The predicted octanol–water partition coefficient (Wildman–Crippen LogP) is 4.89. The Balaban J connectivity index is 1.77. The third kappa shape index (κ3) is 5.25. The van der Waals surface area contributed by atoms with Crippen LogP contribution in [0.4, 0.5) is 18.9 Å². The zero-order valence-corrected chi connectivity index (χ0v) is 17.0. The molecule has 0 unspecified atom stereocenters. The fourth-order valence-electron chi connectivity index (χ4n) is 3.02. The topological polar surface area (TPSA) is 65.4 Å². The van der Waals surface area contributed by atoms with E-state index in [9.17, 15) is 18.0 Å². The quantitative estimate of drug-likeness (QED) is 0.541. The van der Waals surface area contributed by atoms with Crippen LogP contribution in [-0.2, 0) is 4.79 Å². The lowest BCUT2D eigenvalue weighted by atomic mass is 10.2. The van der Waals surface area contributed by atoms with E-state index in [0.29, 0.717) is 11.4 Å². The number of aromatic nitrogens is 2. The summed E-state index contributed by atoms with van der Waals surface area (Å²) < 4.78 is 49.3. The summed E-state index contributed by atoms with van der Waals surface area (Å²) >= 11 is 0. The van der Waals surface area contributed by atoms with Crippen LogP contribution in [-0.4, -0.2) is 29.4 Å². The van der Waals surface area contributed by atoms with E-state index in [-0.39, 0.29) is 23.0 Å². The monoisotopic (exact) mass is 431 g/mol. The van der Waals surface area contributed by atoms with Gasteiger partial charge in [0.2, 0.25) is 5.91 Å². The number of hydrogen-bond donors (Lipinski definition) is 1. The van der Waals surface area contributed by atoms with E-state index in [0.717, 1.165) is 11.3 Å². The minimum Gasteiger partial charge on any atom is -0.493 e. The number of carbonyl (C=O) groups is 1. The Morgan fingerprint density at radius 1 is 1.13 bits per heavy atom. The van der Waals surface area contributed by atoms with Gasteiger partial charge in [-0.25, -0.2) is 9.07 Å². The summed E-state index contributed by atoms with van der Waals surface area (Å²) in [6.45, 7) is 0.601. The van der Waals surface area contributed by atoms with Gasteiger partial charge in [-0.2, -0.15) is 13.9 Å². The van der Waals surface area contributed by atoms with Crippen LogP contribution in [0.1, 0.15) is 17.0 Å². The number of aryl methyl sites for hydroxylation is 1. The molecule has 3 aromatic rings. The maximum absolute atomic E-state index is 13.2. The lowest BCUT2D eigenvalue weighted by Crippen LogP contribution is -2.09. The molecule has 0 aliphatic rings. The standard InChI is InChI=1S/C22H20F3N3O3/c1-13-18(14(2)28(27-13)17-7-4-15(23)5-8-17)9-11-21(29)26-16-6-10-19(30-3)20(12-16)31-22(24)25/h4-12,22H,1-3H3,(H,26,29)/b11-9+. The molecule has 162 valence electrons. The smallest absolute Gasteiger partial charge is 0.387 e. The molecule has 1 aromatic heterocycles. The van der Waals surface area contributed by atoms with Crippen LogP contribution < -0.4 is 14.8 Å². The summed E-state index contributed by atoms with van der Waals surface area (Å²) in [5.74, 6) is -0.885. The molecule has 1 amide bonds. The van der Waals surface area contributed by atoms with Crippen LogP contribution in [0.25, 0.3) is 11.8 Å². The Kier molecular flexibility index (Phi) is 6.64. The van der Waals surface area contributed by atoms with Crippen molar-refractivity contribution in [3.05, 3.63) is 71.3 Å². The third-order valence-electron chi connectivity index (χ3n) is 4.47. The normalized spacial score (nSPS) is 11.2. The molecule has 31 heavy (non-hydrogen) atoms. The fourth-order valence-corrected chi connectivity index (χ4v) is 3.02. The van der Waals surface area contributed by atoms with Crippen molar-refractivity contribution < 1.29 is 27.4 Å². The third-order valence-corrected chi connectivity index (χ3v) is 4.47. The first-order valence-electron chi connectivity index (χ1n) is 9.22. The van der Waals surface area contributed by atoms with Gasteiger partial charge in [0.25, 0.3) is 0 Å². The highest BCUT2D eigenvalue weighted by atomic mass is 19.3. The molecule has 1 heterocycles. The van der Waals surface area contributed by atoms with Crippen LogP contribution >= 0.6 is 0 Å². The molecule has 0 bridgehead atoms. The van der Waals surface area contributed by atoms with Crippen LogP contribution in [0.5, 0.6) is 11.5 Å². The van der Waals surface area contributed by atoms with Gasteiger partial charge in [-0.15, -0.1) is 0 Å². The van der Waals surface area contributed by atoms with E-state index < -0.39 is 12.5 Å². The van der Waals surface area contributed by atoms with E-state index in [1.807, 2.05) is 6.92 Å². The fraction of sp³-hybridized carbons (Fsp3) is 0.182. The lowest BCUT2D eigenvalue weighted by molar-refractivity contribution is -0.111. The number of rotatable bonds is 7. The Morgan fingerprint density at radius 2 is 1.84 bits per heavy atom. The lowest BCUT2D eigenvalue weighted by Gasteiger charge is -2.11. The van der Waals surface area contributed by atoms with Crippen LogP contribution in [0.15, 0.2) is 48.5 Å². The molecule has 0 radical (unpaired) electrons. The van der Waals surface area contributed by atoms with E-state index in [1.165, 1.54) is 43.5 Å². The van der Waals surface area contributed by atoms with Gasteiger partial charge < -0.3 is 14.8 Å². The molecule has 9 heteroatoms. The van der Waals surface area contributed by atoms with Gasteiger partial charge >= 0.3 is 6.61 Å². The highest BCUT2D eigenvalue weighted by Crippen LogP contribution is 2.31. The average Bonchev–Trinajstić information content (AvgIpc) is 3.00. The molecule has 2 aromatic carbocycles. The second kappa shape index (κ2) is 9.38. The number of amides is 1. The first-order valence-corrected chi connectivity index (χ1v) is 9.22. The van der Waals surface area contributed by atoms with Crippen molar-refractivity contribution in [1.29, 1.82) is 0 Å². The molecule has 0 spiro atoms. The van der Waals surface area contributed by atoms with Crippen molar-refractivity contribution in [3.63, 3.8) is 0 Å². The zero-order valence-electron chi connectivity index (χ0n) is 17.0. The summed E-state index contributed by atoms with van der Waals surface area (Å²) in [5.41, 5.74) is 3.14. The van der Waals surface area contributed by atoms with Gasteiger partial charge in [0.15, 0.2) is 11.5 Å². The number of ether oxygens (including phenoxy) is 2. The van der Waals surface area contributed by atoms with E-state index >= 15 is 0 Å². The van der Waals surface area contributed by atoms with Crippen molar-refractivity contribution in [3.8, 4) is 17.2 Å². The number of hydrogen-bond acceptors (Lipinski definition) is 4. The maximum Gasteiger partial charge on any atom is 0.387 e. The number of carbonyl (C=O) groups excluding carboxylic acids is 1. The van der Waals surface area contributed by atoms with Crippen molar-refractivity contribution in [2.75, 3.05) is 12.4 Å². The summed E-state index contributed by atoms with van der Waals surface area (Å²) in [7, 11) is 1.32. The molecule has 0 aliphatic heterocycles. The summed E-state index contributed by atoms with van der Waals surface area (Å²) in [5, 5.41) is 7.03. The number of nitrogens with one attached hydrogen (secondary N) is 1. The van der Waals surface area contributed by atoms with Gasteiger partial charge in [-0.1, -0.05) is 0 Å². The minimum absolute atomic E-state index is 0.119. The van der Waals surface area contributed by atoms with Crippen LogP contribution in [0.2, 0.25) is 0 Å². The molecular formula is C22H20F3N3O3. The zero-order chi connectivity index (χ0) is 22.5. The molecule has 0 aliphatic carbocycles. The highest BCUT2D eigenvalue weighted by Gasteiger charge is 2.13. The van der Waals surface area contributed by atoms with Crippen molar-refractivity contribution in [2.45, 2.75) is 20.5 Å². The SMILES string of the molecule is COc1ccc(NC(=O)/C=C/c2c(C)nn(-c3ccc(F)cc3)c2C)cc1OC(F)F. The molecule has 6 nitrogen and oxygen atoms in total. The van der Waals surface area contributed by atoms with Crippen molar-refractivity contribution >= 4 is 17.7 Å². The minimum atomic E-state index is -3.02. The van der Waals surface area contributed by atoms with Gasteiger partial charge in [-0.3, -0.25) is 4.79 Å². The summed E-state index contributed by atoms with van der Waals surface area (Å²) in [6, 6.07) is 10.1. The number of anilines is 1. The largest absolute Gasteiger partial charge is 0.493 e. The Morgan fingerprint density at radius 3 is 2.48 bits per heavy atom. The number of benzene rings is 2. The second-order valence-corrected chi connectivity index (χ2v) is 6.54. The number of halogens is 3. The molecule has 1 N–H and O–H groups in total. The summed E-state index contributed by atoms with van der Waals surface area (Å²) in [4.78, 5) is 12.3. The average molecular weight is 431 g/mol. The molecule has 0 fully saturated rings. The van der Waals surface area contributed by atoms with E-state index in [2.05, 4.69) is 15.2 Å². The maximum atomic E-state index is 13.2. The Hall–Kier alpha value is -3.75. The number of alkyl halides is 2. The first-order chi connectivity index (χ1) is 14.8. The van der Waals surface area contributed by atoms with Gasteiger partial charge in [0.1, 0.15) is 5.82 Å². The predicted molar refractivity (Wildman–Crippen MR) is 110 cm³/mol. The molecular weight excluding hydrogens is 411 g/mol. The molecule has 0 saturated carbocycles. The summed E-state index contributed by atoms with van der Waals surface area (Å²) in [6.07, 6.45) is 2.91. The Bertz CT molecular complexity index is 1110. The van der Waals surface area contributed by atoms with Crippen LogP contribution in [0.3, 0.4) is 0 Å². The Labute approximate surface area is 176 Å². The number of nitrogens with zero attached hydrogens (tertiary/aromatic N) is 2. The second-order valence-electron chi connectivity index (χ2n) is 6.54. The van der Waals surface area contributed by atoms with Crippen molar-refractivity contribution in [1.82, 2.24) is 9.78 Å². The van der Waals surface area contributed by atoms with Crippen molar-refractivity contribution in [2.24, 2.45) is 0 Å². The van der Waals surface area contributed by atoms with Crippen LogP contribution in [0, 0.1) is 19.7 Å². The van der Waals surface area contributed by atoms with Gasteiger partial charge in [0, 0.05) is 29.1 Å². The number of methoxy groups -OCH3 is 1. The molecule has 0 saturated heterocycles. The van der Waals surface area contributed by atoms with E-state index in [1.54, 1.807) is 29.8 Å². The highest BCUT2D eigenvalue weighted by molar-refractivity contribution is 6.02. The molecule has 3 rings (SSSR count). The van der Waals surface area contributed by atoms with E-state index in [4.69, 9.17) is 4.74 Å². The van der Waals surface area contributed by atoms with Gasteiger partial charge in [0.05, 0.1) is 18.5 Å². The van der Waals surface area contributed by atoms with Gasteiger partial charge in [-0.05, 0) is 56.3 Å². The first kappa shape index (κ1) is 21.9. The molecule has 0 atom stereocenters.